The Labute approximate surface area is 134 Å². The van der Waals surface area contributed by atoms with Gasteiger partial charge in [0, 0.05) is 16.1 Å². The molecule has 0 bridgehead atoms. The summed E-state index contributed by atoms with van der Waals surface area (Å²) in [5, 5.41) is 3.35. The van der Waals surface area contributed by atoms with E-state index < -0.39 is 0 Å². The van der Waals surface area contributed by atoms with E-state index in [4.69, 9.17) is 29.6 Å². The molecule has 0 radical (unpaired) electrons. The summed E-state index contributed by atoms with van der Waals surface area (Å²) < 4.78 is 0. The molecule has 2 aromatic rings. The molecule has 0 spiro atoms. The Morgan fingerprint density at radius 1 is 1.19 bits per heavy atom. The Morgan fingerprint density at radius 2 is 1.81 bits per heavy atom. The highest BCUT2D eigenvalue weighted by Gasteiger charge is 2.15. The molecule has 0 unspecified atom stereocenters. The number of rotatable bonds is 3. The molecule has 0 aliphatic heterocycles. The Balaban J connectivity index is 2.40. The number of amides is 1. The van der Waals surface area contributed by atoms with Crippen molar-refractivity contribution < 1.29 is 4.79 Å². The third-order valence-corrected chi connectivity index (χ3v) is 3.66. The summed E-state index contributed by atoms with van der Waals surface area (Å²) in [4.78, 5) is 12.7. The number of anilines is 1. The number of hydrogen-bond acceptors (Lipinski definition) is 2. The molecule has 0 atom stereocenters. The van der Waals surface area contributed by atoms with Crippen LogP contribution in [-0.2, 0) is 0 Å². The van der Waals surface area contributed by atoms with Crippen LogP contribution in [0.3, 0.4) is 0 Å². The van der Waals surface area contributed by atoms with E-state index in [1.165, 1.54) is 0 Å². The van der Waals surface area contributed by atoms with Gasteiger partial charge in [-0.25, -0.2) is 0 Å². The van der Waals surface area contributed by atoms with E-state index in [2.05, 4.69) is 5.32 Å². The summed E-state index contributed by atoms with van der Waals surface area (Å²) in [6.45, 7) is 3.79. The van der Waals surface area contributed by atoms with Gasteiger partial charge in [0.2, 0.25) is 0 Å². The van der Waals surface area contributed by atoms with Crippen LogP contribution < -0.4 is 11.1 Å². The first-order chi connectivity index (χ1) is 9.90. The van der Waals surface area contributed by atoms with Gasteiger partial charge in [-0.05, 0) is 43.2 Å². The molecule has 0 saturated carbocycles. The number of halogens is 1. The number of thiocarbonyl (C=S) groups is 1. The van der Waals surface area contributed by atoms with E-state index in [-0.39, 0.29) is 10.9 Å². The standard InChI is InChI=1S/C16H15ClN2OS/c1-9-4-3-5-10(2)14(9)16(20)19-13-8-11(17)6-7-12(13)15(18)21/h3-8H,1-2H3,(H2,18,21)(H,19,20). The highest BCUT2D eigenvalue weighted by Crippen LogP contribution is 2.23. The van der Waals surface area contributed by atoms with Crippen LogP contribution in [0.4, 0.5) is 5.69 Å². The Morgan fingerprint density at radius 3 is 2.38 bits per heavy atom. The van der Waals surface area contributed by atoms with Gasteiger partial charge in [-0.1, -0.05) is 42.0 Å². The third kappa shape index (κ3) is 3.40. The maximum absolute atomic E-state index is 12.5. The van der Waals surface area contributed by atoms with Gasteiger partial charge in [-0.2, -0.15) is 0 Å². The predicted octanol–water partition coefficient (Wildman–Crippen LogP) is 3.84. The van der Waals surface area contributed by atoms with Crippen molar-refractivity contribution in [3.63, 3.8) is 0 Å². The lowest BCUT2D eigenvalue weighted by Crippen LogP contribution is -2.19. The van der Waals surface area contributed by atoms with Crippen LogP contribution in [0.15, 0.2) is 36.4 Å². The smallest absolute Gasteiger partial charge is 0.256 e. The van der Waals surface area contributed by atoms with Crippen LogP contribution in [0.1, 0.15) is 27.0 Å². The lowest BCUT2D eigenvalue weighted by atomic mass is 10.0. The fraction of sp³-hybridized carbons (Fsp3) is 0.125. The number of nitrogens with two attached hydrogens (primary N) is 1. The zero-order valence-corrected chi connectivity index (χ0v) is 13.3. The molecule has 0 aliphatic carbocycles. The molecule has 2 aromatic carbocycles. The fourth-order valence-corrected chi connectivity index (χ4v) is 2.54. The molecule has 2 rings (SSSR count). The van der Waals surface area contributed by atoms with Crippen molar-refractivity contribution >= 4 is 40.4 Å². The highest BCUT2D eigenvalue weighted by atomic mass is 35.5. The largest absolute Gasteiger partial charge is 0.389 e. The van der Waals surface area contributed by atoms with Crippen molar-refractivity contribution in [1.29, 1.82) is 0 Å². The summed E-state index contributed by atoms with van der Waals surface area (Å²) in [6.07, 6.45) is 0. The fourth-order valence-electron chi connectivity index (χ4n) is 2.19. The Kier molecular flexibility index (Phi) is 4.60. The SMILES string of the molecule is Cc1cccc(C)c1C(=O)Nc1cc(Cl)ccc1C(N)=S. The van der Waals surface area contributed by atoms with Crippen LogP contribution in [0, 0.1) is 13.8 Å². The monoisotopic (exact) mass is 318 g/mol. The number of nitrogens with one attached hydrogen (secondary N) is 1. The molecule has 0 fully saturated rings. The normalized spacial score (nSPS) is 10.2. The zero-order chi connectivity index (χ0) is 15.6. The number of carbonyl (C=O) groups excluding carboxylic acids is 1. The molecule has 3 nitrogen and oxygen atoms in total. The van der Waals surface area contributed by atoms with Gasteiger partial charge in [0.25, 0.3) is 5.91 Å². The van der Waals surface area contributed by atoms with E-state index in [1.54, 1.807) is 18.2 Å². The lowest BCUT2D eigenvalue weighted by Gasteiger charge is -2.13. The van der Waals surface area contributed by atoms with E-state index in [0.29, 0.717) is 21.8 Å². The van der Waals surface area contributed by atoms with Crippen LogP contribution >= 0.6 is 23.8 Å². The number of carbonyl (C=O) groups is 1. The molecule has 0 aliphatic rings. The molecular formula is C16H15ClN2OS. The molecule has 21 heavy (non-hydrogen) atoms. The van der Waals surface area contributed by atoms with Gasteiger partial charge in [0.05, 0.1) is 5.69 Å². The molecule has 0 saturated heterocycles. The minimum atomic E-state index is -0.203. The van der Waals surface area contributed by atoms with Crippen molar-refractivity contribution in [2.75, 3.05) is 5.32 Å². The maximum Gasteiger partial charge on any atom is 0.256 e. The minimum Gasteiger partial charge on any atom is -0.389 e. The number of hydrogen-bond donors (Lipinski definition) is 2. The summed E-state index contributed by atoms with van der Waals surface area (Å²) >= 11 is 11.0. The van der Waals surface area contributed by atoms with E-state index in [9.17, 15) is 4.79 Å². The van der Waals surface area contributed by atoms with Gasteiger partial charge < -0.3 is 11.1 Å². The molecule has 3 N–H and O–H groups in total. The predicted molar refractivity (Wildman–Crippen MR) is 91.2 cm³/mol. The van der Waals surface area contributed by atoms with Crippen LogP contribution in [0.2, 0.25) is 5.02 Å². The second kappa shape index (κ2) is 6.24. The zero-order valence-electron chi connectivity index (χ0n) is 11.7. The van der Waals surface area contributed by atoms with Gasteiger partial charge in [-0.3, -0.25) is 4.79 Å². The molecule has 108 valence electrons. The average molecular weight is 319 g/mol. The first-order valence-corrected chi connectivity index (χ1v) is 7.15. The van der Waals surface area contributed by atoms with Gasteiger partial charge >= 0.3 is 0 Å². The number of aryl methyl sites for hydroxylation is 2. The Bertz CT molecular complexity index is 708. The summed E-state index contributed by atoms with van der Waals surface area (Å²) in [6, 6.07) is 10.7. The Hall–Kier alpha value is -1.91. The molecule has 1 amide bonds. The van der Waals surface area contributed by atoms with Gasteiger partial charge in [0.1, 0.15) is 4.99 Å². The van der Waals surface area contributed by atoms with Gasteiger partial charge in [-0.15, -0.1) is 0 Å². The minimum absolute atomic E-state index is 0.203. The van der Waals surface area contributed by atoms with Crippen LogP contribution in [0.25, 0.3) is 0 Å². The molecular weight excluding hydrogens is 304 g/mol. The van der Waals surface area contributed by atoms with Crippen LogP contribution in [-0.4, -0.2) is 10.9 Å². The first-order valence-electron chi connectivity index (χ1n) is 6.37. The second-order valence-electron chi connectivity index (χ2n) is 4.78. The van der Waals surface area contributed by atoms with Crippen molar-refractivity contribution in [2.24, 2.45) is 5.73 Å². The molecule has 5 heteroatoms. The maximum atomic E-state index is 12.5. The van der Waals surface area contributed by atoms with E-state index in [1.807, 2.05) is 32.0 Å². The van der Waals surface area contributed by atoms with Gasteiger partial charge in [0.15, 0.2) is 0 Å². The lowest BCUT2D eigenvalue weighted by molar-refractivity contribution is 0.102. The summed E-state index contributed by atoms with van der Waals surface area (Å²) in [7, 11) is 0. The molecule has 0 aromatic heterocycles. The summed E-state index contributed by atoms with van der Waals surface area (Å²) in [5.74, 6) is -0.203. The highest BCUT2D eigenvalue weighted by molar-refractivity contribution is 7.80. The van der Waals surface area contributed by atoms with Crippen LogP contribution in [0.5, 0.6) is 0 Å². The average Bonchev–Trinajstić information content (AvgIpc) is 2.38. The number of benzene rings is 2. The van der Waals surface area contributed by atoms with Crippen molar-refractivity contribution in [3.05, 3.63) is 63.7 Å². The van der Waals surface area contributed by atoms with Crippen molar-refractivity contribution in [2.45, 2.75) is 13.8 Å². The van der Waals surface area contributed by atoms with E-state index >= 15 is 0 Å². The van der Waals surface area contributed by atoms with Crippen molar-refractivity contribution in [3.8, 4) is 0 Å². The third-order valence-electron chi connectivity index (χ3n) is 3.20. The second-order valence-corrected chi connectivity index (χ2v) is 5.65. The topological polar surface area (TPSA) is 55.1 Å². The van der Waals surface area contributed by atoms with E-state index in [0.717, 1.165) is 11.1 Å². The molecule has 0 heterocycles. The summed E-state index contributed by atoms with van der Waals surface area (Å²) in [5.41, 5.74) is 9.25. The van der Waals surface area contributed by atoms with Crippen molar-refractivity contribution in [1.82, 2.24) is 0 Å². The quantitative estimate of drug-likeness (QED) is 0.845. The first kappa shape index (κ1) is 15.5.